The van der Waals surface area contributed by atoms with E-state index < -0.39 is 6.10 Å². The number of benzene rings is 1. The summed E-state index contributed by atoms with van der Waals surface area (Å²) in [7, 11) is 1.89. The molecule has 0 spiro atoms. The van der Waals surface area contributed by atoms with Crippen LogP contribution in [0, 0.1) is 0 Å². The fourth-order valence-electron chi connectivity index (χ4n) is 2.08. The van der Waals surface area contributed by atoms with Crippen LogP contribution in [0.3, 0.4) is 0 Å². The molecular weight excluding hydrogens is 278 g/mol. The molecule has 4 heteroatoms. The Morgan fingerprint density at radius 3 is 2.79 bits per heavy atom. The van der Waals surface area contributed by atoms with Crippen molar-refractivity contribution in [2.75, 3.05) is 7.05 Å². The summed E-state index contributed by atoms with van der Waals surface area (Å²) in [5.74, 6) is 0. The molecule has 0 fully saturated rings. The zero-order valence-electron chi connectivity index (χ0n) is 11.1. The van der Waals surface area contributed by atoms with Gasteiger partial charge in [-0.25, -0.2) is 0 Å². The van der Waals surface area contributed by atoms with Gasteiger partial charge in [-0.3, -0.25) is 0 Å². The maximum absolute atomic E-state index is 10.6. The number of thiophene rings is 1. The maximum atomic E-state index is 10.6. The van der Waals surface area contributed by atoms with Gasteiger partial charge in [-0.1, -0.05) is 24.6 Å². The van der Waals surface area contributed by atoms with E-state index in [0.717, 1.165) is 23.1 Å². The highest BCUT2D eigenvalue weighted by molar-refractivity contribution is 7.10. The number of rotatable bonds is 5. The quantitative estimate of drug-likeness (QED) is 0.880. The topological polar surface area (TPSA) is 32.3 Å². The van der Waals surface area contributed by atoms with Crippen molar-refractivity contribution in [2.45, 2.75) is 26.0 Å². The summed E-state index contributed by atoms with van der Waals surface area (Å²) >= 11 is 7.74. The minimum Gasteiger partial charge on any atom is -0.384 e. The van der Waals surface area contributed by atoms with Crippen molar-refractivity contribution in [2.24, 2.45) is 0 Å². The molecule has 1 aromatic carbocycles. The first-order valence-electron chi connectivity index (χ1n) is 6.34. The molecule has 1 heterocycles. The van der Waals surface area contributed by atoms with Crippen LogP contribution in [-0.4, -0.2) is 12.2 Å². The third-order valence-corrected chi connectivity index (χ3v) is 4.44. The molecule has 0 aliphatic heterocycles. The number of aliphatic hydroxyl groups excluding tert-OH is 1. The highest BCUT2D eigenvalue weighted by atomic mass is 35.5. The van der Waals surface area contributed by atoms with Crippen molar-refractivity contribution in [1.29, 1.82) is 0 Å². The van der Waals surface area contributed by atoms with Crippen molar-refractivity contribution < 1.29 is 5.11 Å². The van der Waals surface area contributed by atoms with Gasteiger partial charge in [-0.05, 0) is 53.7 Å². The summed E-state index contributed by atoms with van der Waals surface area (Å²) in [5.41, 5.74) is 2.90. The van der Waals surface area contributed by atoms with E-state index >= 15 is 0 Å². The van der Waals surface area contributed by atoms with E-state index in [0.29, 0.717) is 11.6 Å². The second kappa shape index (κ2) is 6.53. The molecule has 1 atom stereocenters. The molecule has 0 bridgehead atoms. The lowest BCUT2D eigenvalue weighted by Gasteiger charge is -2.15. The average molecular weight is 296 g/mol. The second-order valence-electron chi connectivity index (χ2n) is 4.48. The normalized spacial score (nSPS) is 12.6. The van der Waals surface area contributed by atoms with E-state index in [1.165, 1.54) is 4.88 Å². The van der Waals surface area contributed by atoms with Gasteiger partial charge in [0.15, 0.2) is 0 Å². The first-order chi connectivity index (χ1) is 9.15. The summed E-state index contributed by atoms with van der Waals surface area (Å²) in [4.78, 5) is 1.28. The Morgan fingerprint density at radius 2 is 2.16 bits per heavy atom. The van der Waals surface area contributed by atoms with Gasteiger partial charge in [-0.2, -0.15) is 0 Å². The van der Waals surface area contributed by atoms with Gasteiger partial charge in [0.1, 0.15) is 6.10 Å². The average Bonchev–Trinajstić information content (AvgIpc) is 2.89. The predicted molar refractivity (Wildman–Crippen MR) is 82.0 cm³/mol. The molecule has 2 aromatic rings. The number of halogens is 1. The van der Waals surface area contributed by atoms with Gasteiger partial charge in [0, 0.05) is 16.4 Å². The third-order valence-electron chi connectivity index (χ3n) is 3.11. The Hall–Kier alpha value is -0.870. The van der Waals surface area contributed by atoms with Crippen LogP contribution in [0.25, 0.3) is 0 Å². The van der Waals surface area contributed by atoms with Crippen molar-refractivity contribution in [1.82, 2.24) is 5.32 Å². The molecule has 0 saturated heterocycles. The molecule has 2 nitrogen and oxygen atoms in total. The standard InChI is InChI=1S/C15H18ClNOS/c1-3-13-6-11(9-19-13)15(18)14-7-12(16)5-4-10(14)8-17-2/h4-7,9,15,17-18H,3,8H2,1-2H3. The third kappa shape index (κ3) is 3.37. The number of hydrogen-bond acceptors (Lipinski definition) is 3. The number of aliphatic hydroxyl groups is 1. The fraction of sp³-hybridized carbons (Fsp3) is 0.333. The lowest BCUT2D eigenvalue weighted by atomic mass is 9.98. The zero-order chi connectivity index (χ0) is 13.8. The molecule has 1 aromatic heterocycles. The van der Waals surface area contributed by atoms with E-state index in [4.69, 9.17) is 11.6 Å². The van der Waals surface area contributed by atoms with Gasteiger partial charge >= 0.3 is 0 Å². The highest BCUT2D eigenvalue weighted by Gasteiger charge is 2.16. The molecule has 0 saturated carbocycles. The summed E-state index contributed by atoms with van der Waals surface area (Å²) in [6, 6.07) is 7.74. The SMILES string of the molecule is CCc1cc(C(O)c2cc(Cl)ccc2CNC)cs1. The van der Waals surface area contributed by atoms with Crippen molar-refractivity contribution in [3.63, 3.8) is 0 Å². The lowest BCUT2D eigenvalue weighted by molar-refractivity contribution is 0.219. The van der Waals surface area contributed by atoms with E-state index in [-0.39, 0.29) is 0 Å². The van der Waals surface area contributed by atoms with Crippen LogP contribution in [-0.2, 0) is 13.0 Å². The van der Waals surface area contributed by atoms with Crippen LogP contribution in [0.15, 0.2) is 29.6 Å². The molecule has 2 rings (SSSR count). The van der Waals surface area contributed by atoms with E-state index in [1.807, 2.05) is 30.6 Å². The minimum atomic E-state index is -0.612. The predicted octanol–water partition coefficient (Wildman–Crippen LogP) is 3.77. The molecule has 0 amide bonds. The Kier molecular flexibility index (Phi) is 4.99. The van der Waals surface area contributed by atoms with Crippen LogP contribution < -0.4 is 5.32 Å². The molecular formula is C15H18ClNOS. The maximum Gasteiger partial charge on any atom is 0.105 e. The Bertz CT molecular complexity index is 553. The summed E-state index contributed by atoms with van der Waals surface area (Å²) < 4.78 is 0. The Morgan fingerprint density at radius 1 is 1.37 bits per heavy atom. The minimum absolute atomic E-state index is 0.612. The lowest BCUT2D eigenvalue weighted by Crippen LogP contribution is -2.10. The number of nitrogens with one attached hydrogen (secondary N) is 1. The van der Waals surface area contributed by atoms with Crippen LogP contribution >= 0.6 is 22.9 Å². The molecule has 0 aliphatic rings. The van der Waals surface area contributed by atoms with Crippen molar-refractivity contribution in [3.05, 3.63) is 56.2 Å². The first-order valence-corrected chi connectivity index (χ1v) is 7.59. The van der Waals surface area contributed by atoms with Gasteiger partial charge < -0.3 is 10.4 Å². The summed E-state index contributed by atoms with van der Waals surface area (Å²) in [6.07, 6.45) is 0.384. The second-order valence-corrected chi connectivity index (χ2v) is 5.91. The zero-order valence-corrected chi connectivity index (χ0v) is 12.7. The molecule has 102 valence electrons. The van der Waals surface area contributed by atoms with Gasteiger partial charge in [0.05, 0.1) is 0 Å². The van der Waals surface area contributed by atoms with Crippen LogP contribution in [0.1, 0.15) is 34.6 Å². The summed E-state index contributed by atoms with van der Waals surface area (Å²) in [5, 5.41) is 16.3. The fourth-order valence-corrected chi connectivity index (χ4v) is 3.11. The molecule has 2 N–H and O–H groups in total. The largest absolute Gasteiger partial charge is 0.384 e. The molecule has 0 aliphatic carbocycles. The van der Waals surface area contributed by atoms with Crippen LogP contribution in [0.2, 0.25) is 5.02 Å². The van der Waals surface area contributed by atoms with Crippen LogP contribution in [0.5, 0.6) is 0 Å². The highest BCUT2D eigenvalue weighted by Crippen LogP contribution is 2.30. The van der Waals surface area contributed by atoms with Crippen molar-refractivity contribution >= 4 is 22.9 Å². The molecule has 0 radical (unpaired) electrons. The Balaban J connectivity index is 2.36. The smallest absolute Gasteiger partial charge is 0.105 e. The van der Waals surface area contributed by atoms with Crippen LogP contribution in [0.4, 0.5) is 0 Å². The monoisotopic (exact) mass is 295 g/mol. The summed E-state index contributed by atoms with van der Waals surface area (Å²) in [6.45, 7) is 2.84. The van der Waals surface area contributed by atoms with E-state index in [1.54, 1.807) is 11.3 Å². The van der Waals surface area contributed by atoms with E-state index in [9.17, 15) is 5.11 Å². The number of hydrogen-bond donors (Lipinski definition) is 2. The van der Waals surface area contributed by atoms with Crippen molar-refractivity contribution in [3.8, 4) is 0 Å². The van der Waals surface area contributed by atoms with Gasteiger partial charge in [-0.15, -0.1) is 11.3 Å². The van der Waals surface area contributed by atoms with Gasteiger partial charge in [0.25, 0.3) is 0 Å². The molecule has 1 unspecified atom stereocenters. The molecule has 19 heavy (non-hydrogen) atoms. The number of aryl methyl sites for hydroxylation is 1. The van der Waals surface area contributed by atoms with E-state index in [2.05, 4.69) is 18.3 Å². The van der Waals surface area contributed by atoms with Gasteiger partial charge in [0.2, 0.25) is 0 Å². The Labute approximate surface area is 123 Å². The first kappa shape index (κ1) is 14.5.